The molecule has 0 heterocycles. The molecule has 2 unspecified atom stereocenters. The number of hydrogen-bond donors (Lipinski definition) is 2. The molecule has 2 atom stereocenters. The topological polar surface area (TPSA) is 76.7 Å². The molecule has 0 saturated carbocycles. The Labute approximate surface area is 193 Å². The quantitative estimate of drug-likeness (QED) is 0.428. The molecule has 0 aliphatic heterocycles. The lowest BCUT2D eigenvalue weighted by Gasteiger charge is -2.14. The number of rotatable bonds is 8. The van der Waals surface area contributed by atoms with Gasteiger partial charge in [0, 0.05) is 0 Å². The summed E-state index contributed by atoms with van der Waals surface area (Å²) in [6.45, 7) is 7.51. The fourth-order valence-electron chi connectivity index (χ4n) is 2.60. The molecule has 2 aromatic rings. The van der Waals surface area contributed by atoms with Crippen LogP contribution in [0.2, 0.25) is 10.0 Å². The van der Waals surface area contributed by atoms with E-state index in [0.29, 0.717) is 27.8 Å². The van der Waals surface area contributed by atoms with E-state index < -0.39 is 12.2 Å². The summed E-state index contributed by atoms with van der Waals surface area (Å²) in [5, 5.41) is 6.19. The number of amides is 2. The summed E-state index contributed by atoms with van der Waals surface area (Å²) in [6, 6.07) is 10.7. The predicted molar refractivity (Wildman–Crippen MR) is 125 cm³/mol. The zero-order valence-corrected chi connectivity index (χ0v) is 19.6. The monoisotopic (exact) mass is 466 g/mol. The number of nitrogens with one attached hydrogen (secondary N) is 2. The van der Waals surface area contributed by atoms with Gasteiger partial charge in [0.2, 0.25) is 0 Å². The number of halogens is 2. The molecule has 0 bridgehead atoms. The van der Waals surface area contributed by atoms with Gasteiger partial charge in [0.1, 0.15) is 12.2 Å². The minimum Gasteiger partial charge on any atom is -0.446 e. The number of carbonyl (C=O) groups is 2. The maximum Gasteiger partial charge on any atom is 0.411 e. The van der Waals surface area contributed by atoms with E-state index in [9.17, 15) is 9.59 Å². The van der Waals surface area contributed by atoms with Gasteiger partial charge in [0.25, 0.3) is 0 Å². The Bertz CT molecular complexity index is 847. The molecular formula is C23H28Cl2N2O4. The molecule has 31 heavy (non-hydrogen) atoms. The summed E-state index contributed by atoms with van der Waals surface area (Å²) >= 11 is 12.4. The second-order valence-electron chi connectivity index (χ2n) is 7.30. The smallest absolute Gasteiger partial charge is 0.411 e. The van der Waals surface area contributed by atoms with E-state index in [2.05, 4.69) is 10.6 Å². The van der Waals surface area contributed by atoms with Crippen LogP contribution in [0.15, 0.2) is 36.4 Å². The zero-order chi connectivity index (χ0) is 23.0. The largest absolute Gasteiger partial charge is 0.446 e. The van der Waals surface area contributed by atoms with Gasteiger partial charge in [-0.05, 0) is 68.5 Å². The van der Waals surface area contributed by atoms with E-state index in [1.54, 1.807) is 24.3 Å². The van der Waals surface area contributed by atoms with Gasteiger partial charge >= 0.3 is 12.2 Å². The van der Waals surface area contributed by atoms with Gasteiger partial charge in [-0.25, -0.2) is 9.59 Å². The zero-order valence-electron chi connectivity index (χ0n) is 18.1. The van der Waals surface area contributed by atoms with Crippen molar-refractivity contribution in [1.82, 2.24) is 0 Å². The fraction of sp³-hybridized carbons (Fsp3) is 0.391. The molecule has 0 aromatic heterocycles. The fourth-order valence-corrected chi connectivity index (χ4v) is 2.93. The van der Waals surface area contributed by atoms with E-state index in [0.717, 1.165) is 24.0 Å². The van der Waals surface area contributed by atoms with Crippen LogP contribution >= 0.6 is 23.2 Å². The molecule has 0 radical (unpaired) electrons. The molecule has 8 heteroatoms. The first-order chi connectivity index (χ1) is 14.7. The Hall–Kier alpha value is -2.44. The highest BCUT2D eigenvalue weighted by atomic mass is 35.5. The van der Waals surface area contributed by atoms with Gasteiger partial charge in [-0.15, -0.1) is 0 Å². The van der Waals surface area contributed by atoms with Crippen LogP contribution in [0.1, 0.15) is 51.7 Å². The average Bonchev–Trinajstić information content (AvgIpc) is 2.72. The summed E-state index contributed by atoms with van der Waals surface area (Å²) < 4.78 is 10.5. The third-order valence-electron chi connectivity index (χ3n) is 4.71. The number of hydrogen-bond acceptors (Lipinski definition) is 4. The Morgan fingerprint density at radius 2 is 1.19 bits per heavy atom. The maximum atomic E-state index is 12.0. The molecule has 2 N–H and O–H groups in total. The van der Waals surface area contributed by atoms with Crippen LogP contribution in [0.4, 0.5) is 21.0 Å². The van der Waals surface area contributed by atoms with E-state index in [1.165, 1.54) is 0 Å². The molecule has 2 amide bonds. The van der Waals surface area contributed by atoms with Crippen molar-refractivity contribution in [3.05, 3.63) is 57.6 Å². The normalized spacial score (nSPS) is 12.6. The SMILES string of the molecule is CCC(C)OC(=O)Nc1cc(Cc2ccc(Cl)c(NC(=O)OC(C)CC)c2)ccc1Cl. The first kappa shape index (κ1) is 24.8. The van der Waals surface area contributed by atoms with Crippen molar-refractivity contribution in [2.45, 2.75) is 59.2 Å². The van der Waals surface area contributed by atoms with Crippen molar-refractivity contribution in [1.29, 1.82) is 0 Å². The van der Waals surface area contributed by atoms with Crippen molar-refractivity contribution < 1.29 is 19.1 Å². The predicted octanol–water partition coefficient (Wildman–Crippen LogP) is 7.28. The molecule has 0 aliphatic rings. The van der Waals surface area contributed by atoms with E-state index >= 15 is 0 Å². The van der Waals surface area contributed by atoms with Crippen LogP contribution < -0.4 is 10.6 Å². The van der Waals surface area contributed by atoms with Crippen molar-refractivity contribution in [3.8, 4) is 0 Å². The standard InChI is InChI=1S/C23H28Cl2N2O4/c1-5-14(3)30-22(28)26-20-12-16(7-9-18(20)24)11-17-8-10-19(25)21(13-17)27-23(29)31-15(4)6-2/h7-10,12-15H,5-6,11H2,1-4H3,(H,26,28)(H,27,29). The van der Waals surface area contributed by atoms with E-state index in [4.69, 9.17) is 32.7 Å². The van der Waals surface area contributed by atoms with Crippen molar-refractivity contribution in [2.24, 2.45) is 0 Å². The summed E-state index contributed by atoms with van der Waals surface area (Å²) in [5.41, 5.74) is 2.77. The average molecular weight is 467 g/mol. The Kier molecular flexibility index (Phi) is 9.46. The second kappa shape index (κ2) is 11.8. The summed E-state index contributed by atoms with van der Waals surface area (Å²) in [5.74, 6) is 0. The summed E-state index contributed by atoms with van der Waals surface area (Å²) in [6.07, 6.45) is 0.511. The van der Waals surface area contributed by atoms with Gasteiger partial charge in [-0.2, -0.15) is 0 Å². The van der Waals surface area contributed by atoms with Gasteiger partial charge in [-0.3, -0.25) is 10.6 Å². The number of anilines is 2. The molecule has 0 spiro atoms. The Morgan fingerprint density at radius 1 is 0.806 bits per heavy atom. The minimum atomic E-state index is -0.550. The number of ether oxygens (including phenoxy) is 2. The van der Waals surface area contributed by atoms with Crippen molar-refractivity contribution in [2.75, 3.05) is 10.6 Å². The lowest BCUT2D eigenvalue weighted by Crippen LogP contribution is -2.20. The van der Waals surface area contributed by atoms with Crippen LogP contribution in [-0.2, 0) is 15.9 Å². The number of carbonyl (C=O) groups excluding carboxylic acids is 2. The molecule has 2 aromatic carbocycles. The highest BCUT2D eigenvalue weighted by Crippen LogP contribution is 2.28. The van der Waals surface area contributed by atoms with E-state index in [-0.39, 0.29) is 12.2 Å². The molecule has 2 rings (SSSR count). The van der Waals surface area contributed by atoms with Gasteiger partial charge in [0.05, 0.1) is 21.4 Å². The summed E-state index contributed by atoms with van der Waals surface area (Å²) in [7, 11) is 0. The molecule has 0 fully saturated rings. The van der Waals surface area contributed by atoms with Crippen molar-refractivity contribution >= 4 is 46.8 Å². The Morgan fingerprint density at radius 3 is 1.55 bits per heavy atom. The molecule has 0 saturated heterocycles. The maximum absolute atomic E-state index is 12.0. The summed E-state index contributed by atoms with van der Waals surface area (Å²) in [4.78, 5) is 24.1. The number of benzene rings is 2. The van der Waals surface area contributed by atoms with Crippen LogP contribution in [0.25, 0.3) is 0 Å². The van der Waals surface area contributed by atoms with Crippen LogP contribution in [0.3, 0.4) is 0 Å². The minimum absolute atomic E-state index is 0.186. The highest BCUT2D eigenvalue weighted by Gasteiger charge is 2.13. The lowest BCUT2D eigenvalue weighted by molar-refractivity contribution is 0.117. The van der Waals surface area contributed by atoms with Crippen LogP contribution in [0, 0.1) is 0 Å². The molecular weight excluding hydrogens is 439 g/mol. The van der Waals surface area contributed by atoms with E-state index in [1.807, 2.05) is 39.8 Å². The van der Waals surface area contributed by atoms with Gasteiger partial charge in [-0.1, -0.05) is 49.2 Å². The second-order valence-corrected chi connectivity index (χ2v) is 8.12. The first-order valence-corrected chi connectivity index (χ1v) is 11.0. The van der Waals surface area contributed by atoms with Crippen molar-refractivity contribution in [3.63, 3.8) is 0 Å². The Balaban J connectivity index is 2.12. The molecule has 0 aliphatic carbocycles. The van der Waals surface area contributed by atoms with Gasteiger partial charge < -0.3 is 9.47 Å². The van der Waals surface area contributed by atoms with Crippen LogP contribution in [0.5, 0.6) is 0 Å². The molecule has 168 valence electrons. The third-order valence-corrected chi connectivity index (χ3v) is 5.37. The third kappa shape index (κ3) is 7.96. The first-order valence-electron chi connectivity index (χ1n) is 10.2. The molecule has 6 nitrogen and oxygen atoms in total. The lowest BCUT2D eigenvalue weighted by atomic mass is 10.0. The van der Waals surface area contributed by atoms with Gasteiger partial charge in [0.15, 0.2) is 0 Å². The highest BCUT2D eigenvalue weighted by molar-refractivity contribution is 6.34. The van der Waals surface area contributed by atoms with Crippen LogP contribution in [-0.4, -0.2) is 24.4 Å².